The minimum Gasteiger partial charge on any atom is -0.491 e. The normalized spacial score (nSPS) is 23.1. The van der Waals surface area contributed by atoms with E-state index in [0.29, 0.717) is 11.2 Å². The summed E-state index contributed by atoms with van der Waals surface area (Å²) in [5.41, 5.74) is -0.486. The molecule has 2 aliphatic rings. The van der Waals surface area contributed by atoms with E-state index in [1.165, 1.54) is 12.1 Å². The van der Waals surface area contributed by atoms with Crippen molar-refractivity contribution in [1.29, 1.82) is 0 Å². The van der Waals surface area contributed by atoms with Crippen molar-refractivity contribution in [3.63, 3.8) is 0 Å². The largest absolute Gasteiger partial charge is 0.498 e. The number of sulfonamides is 1. The van der Waals surface area contributed by atoms with Crippen LogP contribution in [0.5, 0.6) is 5.75 Å². The summed E-state index contributed by atoms with van der Waals surface area (Å²) in [7, 11) is -4.51. The Labute approximate surface area is 137 Å². The number of primary sulfonamides is 1. The van der Waals surface area contributed by atoms with Crippen molar-refractivity contribution in [2.24, 2.45) is 5.14 Å². The predicted octanol–water partition coefficient (Wildman–Crippen LogP) is 1.17. The summed E-state index contributed by atoms with van der Waals surface area (Å²) in [6.07, 6.45) is 2.18. The smallest absolute Gasteiger partial charge is 0.491 e. The minimum atomic E-state index is -3.81. The van der Waals surface area contributed by atoms with Crippen molar-refractivity contribution in [2.75, 3.05) is 0 Å². The molecule has 1 aliphatic carbocycles. The molecule has 8 heteroatoms. The minimum absolute atomic E-state index is 0.0189. The van der Waals surface area contributed by atoms with Gasteiger partial charge in [-0.1, -0.05) is 0 Å². The summed E-state index contributed by atoms with van der Waals surface area (Å²) >= 11 is 0. The molecule has 0 atom stereocenters. The third-order valence-corrected chi connectivity index (χ3v) is 5.55. The Bertz CT molecular complexity index is 711. The zero-order valence-corrected chi connectivity index (χ0v) is 14.6. The van der Waals surface area contributed by atoms with Gasteiger partial charge in [0.15, 0.2) is 0 Å². The summed E-state index contributed by atoms with van der Waals surface area (Å²) in [6.45, 7) is 7.77. The maximum absolute atomic E-state index is 11.7. The van der Waals surface area contributed by atoms with E-state index in [9.17, 15) is 8.42 Å². The highest BCUT2D eigenvalue weighted by Gasteiger charge is 2.52. The highest BCUT2D eigenvalue weighted by Crippen LogP contribution is 2.38. The monoisotopic (exact) mass is 339 g/mol. The van der Waals surface area contributed by atoms with Gasteiger partial charge in [0.1, 0.15) is 5.75 Å². The highest BCUT2D eigenvalue weighted by molar-refractivity contribution is 7.89. The molecule has 0 unspecified atom stereocenters. The topological polar surface area (TPSA) is 87.9 Å². The zero-order valence-electron chi connectivity index (χ0n) is 13.8. The molecule has 1 heterocycles. The molecule has 3 rings (SSSR count). The Morgan fingerprint density at radius 3 is 2.22 bits per heavy atom. The van der Waals surface area contributed by atoms with Gasteiger partial charge >= 0.3 is 7.12 Å². The van der Waals surface area contributed by atoms with Crippen LogP contribution in [0.2, 0.25) is 0 Å². The van der Waals surface area contributed by atoms with Crippen molar-refractivity contribution in [3.05, 3.63) is 18.2 Å². The lowest BCUT2D eigenvalue weighted by Gasteiger charge is -2.32. The molecular formula is C15H22BNO5S. The molecule has 1 saturated carbocycles. The van der Waals surface area contributed by atoms with Crippen molar-refractivity contribution in [2.45, 2.75) is 62.7 Å². The van der Waals surface area contributed by atoms with Crippen LogP contribution in [0, 0.1) is 0 Å². The number of benzene rings is 1. The van der Waals surface area contributed by atoms with Gasteiger partial charge in [0.2, 0.25) is 10.0 Å². The molecule has 0 bridgehead atoms. The fraction of sp³-hybridized carbons (Fsp3) is 0.600. The molecule has 1 aromatic rings. The molecule has 0 radical (unpaired) electrons. The van der Waals surface area contributed by atoms with Gasteiger partial charge < -0.3 is 14.0 Å². The van der Waals surface area contributed by atoms with Gasteiger partial charge in [0.25, 0.3) is 0 Å². The third-order valence-electron chi connectivity index (χ3n) is 4.63. The van der Waals surface area contributed by atoms with Crippen LogP contribution in [0.4, 0.5) is 0 Å². The van der Waals surface area contributed by atoms with Crippen molar-refractivity contribution >= 4 is 22.6 Å². The average Bonchev–Trinajstić information content (AvgIpc) is 3.16. The molecule has 0 spiro atoms. The van der Waals surface area contributed by atoms with E-state index >= 15 is 0 Å². The fourth-order valence-corrected chi connectivity index (χ4v) is 2.88. The van der Waals surface area contributed by atoms with E-state index in [0.717, 1.165) is 12.8 Å². The molecule has 6 nitrogen and oxygen atoms in total. The van der Waals surface area contributed by atoms with E-state index in [2.05, 4.69) is 0 Å². The molecule has 1 aromatic carbocycles. The van der Waals surface area contributed by atoms with Crippen LogP contribution >= 0.6 is 0 Å². The van der Waals surface area contributed by atoms with E-state index in [-0.39, 0.29) is 11.0 Å². The lowest BCUT2D eigenvalue weighted by atomic mass is 9.78. The first-order chi connectivity index (χ1) is 10.5. The van der Waals surface area contributed by atoms with Gasteiger partial charge in [0.05, 0.1) is 22.2 Å². The van der Waals surface area contributed by atoms with E-state index < -0.39 is 28.3 Å². The molecule has 1 saturated heterocycles. The summed E-state index contributed by atoms with van der Waals surface area (Å²) in [5.74, 6) is 0.582. The van der Waals surface area contributed by atoms with E-state index in [1.54, 1.807) is 6.07 Å². The highest BCUT2D eigenvalue weighted by atomic mass is 32.2. The molecule has 126 valence electrons. The SMILES string of the molecule is CC1(C)OB(c2cc(S(N)(=O)=O)ccc2OC2CC2)OC1(C)C. The standard InChI is InChI=1S/C15H22BNO5S/c1-14(2)15(3,4)22-16(21-14)12-9-11(23(17,18)19)7-8-13(12)20-10-5-6-10/h7-10H,5-6H2,1-4H3,(H2,17,18,19). The van der Waals surface area contributed by atoms with Gasteiger partial charge in [-0.05, 0) is 58.7 Å². The number of hydrogen-bond acceptors (Lipinski definition) is 5. The van der Waals surface area contributed by atoms with Crippen LogP contribution in [0.1, 0.15) is 40.5 Å². The number of nitrogens with two attached hydrogens (primary N) is 1. The van der Waals surface area contributed by atoms with Crippen molar-refractivity contribution in [3.8, 4) is 5.75 Å². The summed E-state index contributed by atoms with van der Waals surface area (Å²) in [4.78, 5) is 0.0189. The van der Waals surface area contributed by atoms with Crippen LogP contribution in [0.3, 0.4) is 0 Å². The molecule has 1 aliphatic heterocycles. The lowest BCUT2D eigenvalue weighted by molar-refractivity contribution is 0.00578. The quantitative estimate of drug-likeness (QED) is 0.832. The Morgan fingerprint density at radius 1 is 1.17 bits per heavy atom. The Balaban J connectivity index is 2.01. The van der Waals surface area contributed by atoms with Crippen LogP contribution in [-0.2, 0) is 19.3 Å². The molecule has 2 fully saturated rings. The third kappa shape index (κ3) is 3.26. The molecule has 0 amide bonds. The predicted molar refractivity (Wildman–Crippen MR) is 87.2 cm³/mol. The Kier molecular flexibility index (Phi) is 3.79. The fourth-order valence-electron chi connectivity index (χ4n) is 2.33. The summed E-state index contributed by atoms with van der Waals surface area (Å²) < 4.78 is 41.2. The first-order valence-electron chi connectivity index (χ1n) is 7.69. The maximum atomic E-state index is 11.7. The van der Waals surface area contributed by atoms with Crippen molar-refractivity contribution < 1.29 is 22.5 Å². The van der Waals surface area contributed by atoms with Crippen LogP contribution in [-0.4, -0.2) is 32.8 Å². The van der Waals surface area contributed by atoms with E-state index in [1.807, 2.05) is 27.7 Å². The number of rotatable bonds is 4. The Hall–Kier alpha value is -1.09. The van der Waals surface area contributed by atoms with Gasteiger partial charge in [-0.2, -0.15) is 0 Å². The van der Waals surface area contributed by atoms with Crippen LogP contribution < -0.4 is 15.3 Å². The van der Waals surface area contributed by atoms with Gasteiger partial charge in [-0.15, -0.1) is 0 Å². The zero-order chi connectivity index (χ0) is 17.0. The second kappa shape index (κ2) is 5.21. The molecule has 23 heavy (non-hydrogen) atoms. The maximum Gasteiger partial charge on any atom is 0.498 e. The Morgan fingerprint density at radius 2 is 1.74 bits per heavy atom. The molecule has 0 aromatic heterocycles. The first-order valence-corrected chi connectivity index (χ1v) is 9.23. The summed E-state index contributed by atoms with van der Waals surface area (Å²) in [6, 6.07) is 4.55. The van der Waals surface area contributed by atoms with Gasteiger partial charge in [-0.25, -0.2) is 13.6 Å². The average molecular weight is 339 g/mol. The van der Waals surface area contributed by atoms with Gasteiger partial charge in [-0.3, -0.25) is 0 Å². The molecular weight excluding hydrogens is 317 g/mol. The lowest BCUT2D eigenvalue weighted by Crippen LogP contribution is -2.41. The van der Waals surface area contributed by atoms with Gasteiger partial charge in [0, 0.05) is 5.46 Å². The van der Waals surface area contributed by atoms with E-state index in [4.69, 9.17) is 19.2 Å². The summed E-state index contributed by atoms with van der Waals surface area (Å²) in [5, 5.41) is 5.24. The van der Waals surface area contributed by atoms with Crippen molar-refractivity contribution in [1.82, 2.24) is 0 Å². The molecule has 2 N–H and O–H groups in total. The number of hydrogen-bond donors (Lipinski definition) is 1. The van der Waals surface area contributed by atoms with Crippen LogP contribution in [0.25, 0.3) is 0 Å². The second-order valence-electron chi connectivity index (χ2n) is 7.15. The van der Waals surface area contributed by atoms with Crippen LogP contribution in [0.15, 0.2) is 23.1 Å². The first kappa shape index (κ1) is 16.8. The second-order valence-corrected chi connectivity index (χ2v) is 8.71. The number of ether oxygens (including phenoxy) is 1.